The Kier molecular flexibility index (Phi) is 5.22. The smallest absolute Gasteiger partial charge is 0.172 e. The molecule has 6 aromatic rings. The first kappa shape index (κ1) is 22.8. The second kappa shape index (κ2) is 8.91. The summed E-state index contributed by atoms with van der Waals surface area (Å²) in [4.78, 5) is 8.59. The second-order valence-corrected chi connectivity index (χ2v) is 10.2. The Labute approximate surface area is 225 Å². The van der Waals surface area contributed by atoms with Crippen LogP contribution in [0.3, 0.4) is 0 Å². The van der Waals surface area contributed by atoms with Gasteiger partial charge in [-0.1, -0.05) is 79.7 Å². The number of hydrogen-bond donors (Lipinski definition) is 0. The third kappa shape index (κ3) is 3.58. The summed E-state index contributed by atoms with van der Waals surface area (Å²) in [6.07, 6.45) is 11.6. The van der Waals surface area contributed by atoms with Gasteiger partial charge in [0.25, 0.3) is 0 Å². The van der Waals surface area contributed by atoms with E-state index in [1.165, 1.54) is 5.57 Å². The van der Waals surface area contributed by atoms with E-state index in [2.05, 4.69) is 95.8 Å². The van der Waals surface area contributed by atoms with Gasteiger partial charge in [-0.2, -0.15) is 20.5 Å². The lowest BCUT2D eigenvalue weighted by molar-refractivity contribution is 0.749. The van der Waals surface area contributed by atoms with Gasteiger partial charge < -0.3 is 0 Å². The summed E-state index contributed by atoms with van der Waals surface area (Å²) in [5.41, 5.74) is 4.63. The maximum Gasteiger partial charge on any atom is 0.206 e. The summed E-state index contributed by atoms with van der Waals surface area (Å²) in [5.74, 6) is 0.492. The minimum Gasteiger partial charge on any atom is -0.172 e. The second-order valence-electron chi connectivity index (χ2n) is 10.2. The Morgan fingerprint density at radius 2 is 1.18 bits per heavy atom. The van der Waals surface area contributed by atoms with Crippen molar-refractivity contribution in [3.05, 3.63) is 113 Å². The topological polar surface area (TPSA) is 72.3 Å². The van der Waals surface area contributed by atoms with Crippen molar-refractivity contribution in [2.75, 3.05) is 0 Å². The van der Waals surface area contributed by atoms with Gasteiger partial charge in [0.2, 0.25) is 12.4 Å². The lowest BCUT2D eigenvalue weighted by atomic mass is 9.90. The molecule has 0 aromatic heterocycles. The van der Waals surface area contributed by atoms with Gasteiger partial charge in [-0.3, -0.25) is 0 Å². The minimum atomic E-state index is 0.492. The Morgan fingerprint density at radius 3 is 1.77 bits per heavy atom. The minimum absolute atomic E-state index is 0.492. The van der Waals surface area contributed by atoms with Crippen LogP contribution in [-0.2, 0) is 0 Å². The van der Waals surface area contributed by atoms with Crippen molar-refractivity contribution < 1.29 is 0 Å². The van der Waals surface area contributed by atoms with Gasteiger partial charge in [-0.25, -0.2) is 0 Å². The average molecular weight is 499 g/mol. The zero-order valence-electron chi connectivity index (χ0n) is 21.3. The Balaban J connectivity index is 1.55. The summed E-state index contributed by atoms with van der Waals surface area (Å²) >= 11 is 0. The van der Waals surface area contributed by atoms with Crippen molar-refractivity contribution in [2.45, 2.75) is 13.3 Å². The first-order valence-electron chi connectivity index (χ1n) is 13.0. The van der Waals surface area contributed by atoms with Crippen LogP contribution >= 0.6 is 0 Å². The molecule has 0 amide bonds. The Morgan fingerprint density at radius 1 is 0.615 bits per heavy atom. The quantitative estimate of drug-likeness (QED) is 0.231. The number of fused-ring (bicyclic) bond motifs is 6. The molecule has 0 saturated heterocycles. The molecule has 1 unspecified atom stereocenters. The maximum absolute atomic E-state index is 9.62. The molecule has 0 heterocycles. The summed E-state index contributed by atoms with van der Waals surface area (Å²) in [6, 6.07) is 27.2. The molecule has 0 fully saturated rings. The molecule has 0 N–H and O–H groups in total. The van der Waals surface area contributed by atoms with E-state index in [0.717, 1.165) is 66.2 Å². The number of rotatable bonds is 2. The maximum atomic E-state index is 9.62. The molecule has 6 aromatic carbocycles. The molecule has 0 saturated carbocycles. The van der Waals surface area contributed by atoms with Crippen LogP contribution in [0, 0.1) is 28.8 Å². The van der Waals surface area contributed by atoms with Crippen molar-refractivity contribution in [3.63, 3.8) is 0 Å². The van der Waals surface area contributed by atoms with E-state index in [-0.39, 0.29) is 0 Å². The van der Waals surface area contributed by atoms with Crippen LogP contribution < -0.4 is 10.7 Å². The van der Waals surface area contributed by atoms with Crippen molar-refractivity contribution in [2.24, 2.45) is 15.9 Å². The fourth-order valence-corrected chi connectivity index (χ4v) is 6.09. The molecule has 4 nitrogen and oxygen atoms in total. The molecular formula is C35H22N4. The summed E-state index contributed by atoms with van der Waals surface area (Å²) < 4.78 is 0. The van der Waals surface area contributed by atoms with Crippen LogP contribution in [0.1, 0.15) is 18.9 Å². The lowest BCUT2D eigenvalue weighted by Gasteiger charge is -2.14. The molecule has 0 spiro atoms. The molecule has 7 rings (SSSR count). The van der Waals surface area contributed by atoms with E-state index in [1.54, 1.807) is 0 Å². The number of nitrogens with zero attached hydrogens (tertiary/aromatic N) is 4. The van der Waals surface area contributed by atoms with Gasteiger partial charge >= 0.3 is 0 Å². The third-order valence-corrected chi connectivity index (χ3v) is 7.88. The molecule has 182 valence electrons. The van der Waals surface area contributed by atoms with E-state index >= 15 is 0 Å². The van der Waals surface area contributed by atoms with Gasteiger partial charge in [0.15, 0.2) is 0 Å². The standard InChI is InChI=1S/C35H22N4/c1-21-6-5-9-23(14-21)25-11-13-27-29-18-32-28(17-33(29)35(39-20-37)31(27)16-25)26-12-10-24(22-7-3-2-4-8-22)15-30(26)34(32)38-19-36/h2-13,15-18,21H,14H2,1H3. The summed E-state index contributed by atoms with van der Waals surface area (Å²) in [7, 11) is 0. The van der Waals surface area contributed by atoms with E-state index in [1.807, 2.05) is 30.6 Å². The van der Waals surface area contributed by atoms with Gasteiger partial charge in [0.1, 0.15) is 0 Å². The average Bonchev–Trinajstić information content (AvgIpc) is 3.44. The number of nitriles is 2. The molecule has 39 heavy (non-hydrogen) atoms. The Bertz CT molecular complexity index is 2230. The lowest BCUT2D eigenvalue weighted by Crippen LogP contribution is -2.00. The van der Waals surface area contributed by atoms with Crippen molar-refractivity contribution in [1.82, 2.24) is 0 Å². The summed E-state index contributed by atoms with van der Waals surface area (Å²) in [6.45, 7) is 2.22. The molecular weight excluding hydrogens is 476 g/mol. The van der Waals surface area contributed by atoms with Crippen LogP contribution in [0.2, 0.25) is 0 Å². The molecule has 0 aliphatic heterocycles. The van der Waals surface area contributed by atoms with Crippen LogP contribution in [0.4, 0.5) is 0 Å². The SMILES string of the molecule is CC1C=CC=C(c2ccc3c(c2)c(=NC#N)c2cc4c(cc23)c(=NC#N)c2cc(-c3ccccc3)ccc24)C1. The highest BCUT2D eigenvalue weighted by Crippen LogP contribution is 2.35. The highest BCUT2D eigenvalue weighted by atomic mass is 14.7. The first-order chi connectivity index (χ1) is 19.2. The van der Waals surface area contributed by atoms with E-state index < -0.39 is 0 Å². The van der Waals surface area contributed by atoms with E-state index in [0.29, 0.717) is 16.6 Å². The monoisotopic (exact) mass is 498 g/mol. The predicted octanol–water partition coefficient (Wildman–Crippen LogP) is 7.58. The zero-order valence-corrected chi connectivity index (χ0v) is 21.3. The van der Waals surface area contributed by atoms with Crippen LogP contribution in [-0.4, -0.2) is 0 Å². The van der Waals surface area contributed by atoms with Gasteiger partial charge in [0.05, 0.1) is 10.7 Å². The normalized spacial score (nSPS) is 16.3. The fraction of sp³-hybridized carbons (Fsp3) is 0.0857. The van der Waals surface area contributed by atoms with E-state index in [9.17, 15) is 10.5 Å². The molecule has 1 atom stereocenters. The highest BCUT2D eigenvalue weighted by molar-refractivity contribution is 6.21. The number of benzene rings is 4. The fourth-order valence-electron chi connectivity index (χ4n) is 6.09. The number of allylic oxidation sites excluding steroid dienone is 4. The first-order valence-corrected chi connectivity index (χ1v) is 13.0. The number of hydrogen-bond acceptors (Lipinski definition) is 4. The third-order valence-electron chi connectivity index (χ3n) is 7.88. The van der Waals surface area contributed by atoms with Crippen LogP contribution in [0.15, 0.2) is 107 Å². The molecule has 0 radical (unpaired) electrons. The van der Waals surface area contributed by atoms with Gasteiger partial charge in [-0.05, 0) is 80.4 Å². The molecule has 4 heteroatoms. The van der Waals surface area contributed by atoms with Gasteiger partial charge in [0, 0.05) is 21.5 Å². The molecule has 1 aliphatic rings. The molecule has 1 aliphatic carbocycles. The van der Waals surface area contributed by atoms with Crippen LogP contribution in [0.5, 0.6) is 0 Å². The zero-order chi connectivity index (χ0) is 26.5. The molecule has 0 bridgehead atoms. The predicted molar refractivity (Wildman–Crippen MR) is 158 cm³/mol. The van der Waals surface area contributed by atoms with Crippen LogP contribution in [0.25, 0.3) is 59.8 Å². The summed E-state index contributed by atoms with van der Waals surface area (Å²) in [5, 5.41) is 28.5. The highest BCUT2D eigenvalue weighted by Gasteiger charge is 2.17. The van der Waals surface area contributed by atoms with Gasteiger partial charge in [-0.15, -0.1) is 0 Å². The largest absolute Gasteiger partial charge is 0.206 e. The van der Waals surface area contributed by atoms with Crippen molar-refractivity contribution in [1.29, 1.82) is 10.5 Å². The Hall–Kier alpha value is -5.32. The van der Waals surface area contributed by atoms with Crippen molar-refractivity contribution in [3.8, 4) is 23.5 Å². The van der Waals surface area contributed by atoms with Crippen molar-refractivity contribution >= 4 is 48.7 Å². The van der Waals surface area contributed by atoms with E-state index in [4.69, 9.17) is 0 Å².